The van der Waals surface area contributed by atoms with Gasteiger partial charge in [-0.25, -0.2) is 4.39 Å². The second-order valence-corrected chi connectivity index (χ2v) is 7.77. The zero-order valence-electron chi connectivity index (χ0n) is 15.6. The van der Waals surface area contributed by atoms with Crippen LogP contribution in [0.25, 0.3) is 0 Å². The fourth-order valence-corrected chi connectivity index (χ4v) is 3.89. The number of anilines is 1. The Bertz CT molecular complexity index is 795. The predicted molar refractivity (Wildman–Crippen MR) is 110 cm³/mol. The van der Waals surface area contributed by atoms with Crippen molar-refractivity contribution in [2.24, 2.45) is 0 Å². The van der Waals surface area contributed by atoms with Crippen LogP contribution in [0.4, 0.5) is 10.1 Å². The highest BCUT2D eigenvalue weighted by Crippen LogP contribution is 2.21. The minimum Gasteiger partial charge on any atom is -0.353 e. The first-order chi connectivity index (χ1) is 13.6. The third kappa shape index (κ3) is 6.35. The lowest BCUT2D eigenvalue weighted by atomic mass is 10.1. The van der Waals surface area contributed by atoms with Crippen molar-refractivity contribution in [3.8, 4) is 0 Å². The monoisotopic (exact) mass is 401 g/mol. The van der Waals surface area contributed by atoms with Gasteiger partial charge in [0.05, 0.1) is 12.3 Å². The number of nitrogens with one attached hydrogen (secondary N) is 2. The van der Waals surface area contributed by atoms with Gasteiger partial charge in [-0.05, 0) is 37.1 Å². The summed E-state index contributed by atoms with van der Waals surface area (Å²) in [6.45, 7) is 1.86. The van der Waals surface area contributed by atoms with Crippen molar-refractivity contribution in [3.63, 3.8) is 0 Å². The SMILES string of the molecule is O=C(CN1CCC(NC(=O)CSc2ccccc2F)CC1)Nc1ccccc1. The van der Waals surface area contributed by atoms with Crippen molar-refractivity contribution in [3.05, 3.63) is 60.4 Å². The van der Waals surface area contributed by atoms with Gasteiger partial charge in [-0.15, -0.1) is 11.8 Å². The number of benzene rings is 2. The summed E-state index contributed by atoms with van der Waals surface area (Å²) >= 11 is 1.20. The van der Waals surface area contributed by atoms with Gasteiger partial charge < -0.3 is 10.6 Å². The molecule has 0 spiro atoms. The minimum atomic E-state index is -0.303. The van der Waals surface area contributed by atoms with E-state index in [1.165, 1.54) is 17.8 Å². The number of para-hydroxylation sites is 1. The molecule has 1 aliphatic rings. The summed E-state index contributed by atoms with van der Waals surface area (Å²) in [5.74, 6) is -0.230. The molecule has 0 aliphatic carbocycles. The van der Waals surface area contributed by atoms with E-state index in [9.17, 15) is 14.0 Å². The van der Waals surface area contributed by atoms with Crippen molar-refractivity contribution in [2.75, 3.05) is 30.7 Å². The van der Waals surface area contributed by atoms with Crippen LogP contribution in [-0.4, -0.2) is 48.1 Å². The highest BCUT2D eigenvalue weighted by atomic mass is 32.2. The van der Waals surface area contributed by atoms with Gasteiger partial charge in [0.15, 0.2) is 0 Å². The molecule has 0 radical (unpaired) electrons. The summed E-state index contributed by atoms with van der Waals surface area (Å²) in [6, 6.07) is 15.9. The molecule has 28 heavy (non-hydrogen) atoms. The second kappa shape index (κ2) is 10.2. The highest BCUT2D eigenvalue weighted by Gasteiger charge is 2.22. The Morgan fingerprint density at radius 2 is 1.68 bits per heavy atom. The number of amides is 2. The Kier molecular flexibility index (Phi) is 7.45. The fraction of sp³-hybridized carbons (Fsp3) is 0.333. The Balaban J connectivity index is 1.35. The van der Waals surface area contributed by atoms with Gasteiger partial charge >= 0.3 is 0 Å². The Morgan fingerprint density at radius 3 is 2.39 bits per heavy atom. The average molecular weight is 402 g/mol. The molecule has 0 atom stereocenters. The van der Waals surface area contributed by atoms with E-state index in [2.05, 4.69) is 15.5 Å². The van der Waals surface area contributed by atoms with E-state index in [0.29, 0.717) is 11.4 Å². The van der Waals surface area contributed by atoms with Crippen molar-refractivity contribution in [2.45, 2.75) is 23.8 Å². The number of halogens is 1. The molecule has 1 saturated heterocycles. The predicted octanol–water partition coefficient (Wildman–Crippen LogP) is 3.14. The van der Waals surface area contributed by atoms with Crippen LogP contribution >= 0.6 is 11.8 Å². The summed E-state index contributed by atoms with van der Waals surface area (Å²) in [5, 5.41) is 5.90. The molecule has 2 aromatic carbocycles. The molecule has 5 nitrogen and oxygen atoms in total. The summed E-state index contributed by atoms with van der Waals surface area (Å²) in [5.41, 5.74) is 0.794. The van der Waals surface area contributed by atoms with Crippen LogP contribution in [0.1, 0.15) is 12.8 Å². The van der Waals surface area contributed by atoms with Gasteiger partial charge in [-0.1, -0.05) is 30.3 Å². The maximum Gasteiger partial charge on any atom is 0.238 e. The van der Waals surface area contributed by atoms with E-state index in [1.807, 2.05) is 30.3 Å². The summed E-state index contributed by atoms with van der Waals surface area (Å²) in [4.78, 5) is 26.8. The van der Waals surface area contributed by atoms with Gasteiger partial charge in [0.2, 0.25) is 11.8 Å². The molecule has 2 aromatic rings. The molecule has 2 N–H and O–H groups in total. The van der Waals surface area contributed by atoms with Crippen molar-refractivity contribution >= 4 is 29.3 Å². The third-order valence-corrected chi connectivity index (χ3v) is 5.62. The van der Waals surface area contributed by atoms with Crippen molar-refractivity contribution in [1.29, 1.82) is 0 Å². The van der Waals surface area contributed by atoms with E-state index in [1.54, 1.807) is 18.2 Å². The van der Waals surface area contributed by atoms with Gasteiger partial charge in [0.25, 0.3) is 0 Å². The number of carbonyl (C=O) groups is 2. The number of carbonyl (C=O) groups excluding carboxylic acids is 2. The van der Waals surface area contributed by atoms with Crippen LogP contribution < -0.4 is 10.6 Å². The Hall–Kier alpha value is -2.38. The molecule has 3 rings (SSSR count). The van der Waals surface area contributed by atoms with E-state index in [0.717, 1.165) is 31.6 Å². The second-order valence-electron chi connectivity index (χ2n) is 6.75. The Morgan fingerprint density at radius 1 is 1.00 bits per heavy atom. The van der Waals surface area contributed by atoms with E-state index in [4.69, 9.17) is 0 Å². The molecule has 1 heterocycles. The van der Waals surface area contributed by atoms with Gasteiger partial charge in [0, 0.05) is 29.7 Å². The summed E-state index contributed by atoms with van der Waals surface area (Å²) < 4.78 is 13.6. The van der Waals surface area contributed by atoms with Crippen LogP contribution in [0, 0.1) is 5.82 Å². The molecule has 7 heteroatoms. The lowest BCUT2D eigenvalue weighted by molar-refractivity contribution is -0.120. The standard InChI is InChI=1S/C21H24FN3O2S/c22-18-8-4-5-9-19(18)28-15-21(27)24-17-10-12-25(13-11-17)14-20(26)23-16-6-2-1-3-7-16/h1-9,17H,10-15H2,(H,23,26)(H,24,27). The molecule has 2 amide bonds. The third-order valence-electron chi connectivity index (χ3n) is 4.57. The topological polar surface area (TPSA) is 61.4 Å². The number of likely N-dealkylation sites (tertiary alicyclic amines) is 1. The lowest BCUT2D eigenvalue weighted by Gasteiger charge is -2.31. The normalized spacial score (nSPS) is 15.2. The van der Waals surface area contributed by atoms with Crippen LogP contribution in [0.15, 0.2) is 59.5 Å². The van der Waals surface area contributed by atoms with E-state index in [-0.39, 0.29) is 29.4 Å². The molecule has 148 valence electrons. The van der Waals surface area contributed by atoms with Crippen LogP contribution in [0.2, 0.25) is 0 Å². The molecular formula is C21H24FN3O2S. The Labute approximate surface area is 168 Å². The van der Waals surface area contributed by atoms with E-state index >= 15 is 0 Å². The number of hydrogen-bond donors (Lipinski definition) is 2. The molecule has 0 unspecified atom stereocenters. The van der Waals surface area contributed by atoms with Crippen molar-refractivity contribution < 1.29 is 14.0 Å². The molecule has 0 saturated carbocycles. The zero-order valence-corrected chi connectivity index (χ0v) is 16.4. The number of hydrogen-bond acceptors (Lipinski definition) is 4. The number of piperidine rings is 1. The molecule has 0 bridgehead atoms. The highest BCUT2D eigenvalue weighted by molar-refractivity contribution is 8.00. The van der Waals surface area contributed by atoms with Gasteiger partial charge in [-0.2, -0.15) is 0 Å². The number of rotatable bonds is 7. The fourth-order valence-electron chi connectivity index (χ4n) is 3.13. The van der Waals surface area contributed by atoms with Gasteiger partial charge in [0.1, 0.15) is 5.82 Å². The minimum absolute atomic E-state index is 0.0324. The summed E-state index contributed by atoms with van der Waals surface area (Å²) in [6.07, 6.45) is 1.60. The lowest BCUT2D eigenvalue weighted by Crippen LogP contribution is -2.47. The quantitative estimate of drug-likeness (QED) is 0.700. The first-order valence-corrected chi connectivity index (χ1v) is 10.3. The maximum atomic E-state index is 13.6. The van der Waals surface area contributed by atoms with Crippen LogP contribution in [-0.2, 0) is 9.59 Å². The van der Waals surface area contributed by atoms with Crippen LogP contribution in [0.3, 0.4) is 0 Å². The first kappa shape index (κ1) is 20.4. The van der Waals surface area contributed by atoms with Crippen molar-refractivity contribution in [1.82, 2.24) is 10.2 Å². The average Bonchev–Trinajstić information content (AvgIpc) is 2.69. The van der Waals surface area contributed by atoms with Crippen LogP contribution in [0.5, 0.6) is 0 Å². The molecule has 1 aliphatic heterocycles. The molecule has 0 aromatic heterocycles. The van der Waals surface area contributed by atoms with E-state index < -0.39 is 0 Å². The largest absolute Gasteiger partial charge is 0.353 e. The summed E-state index contributed by atoms with van der Waals surface area (Å²) in [7, 11) is 0. The maximum absolute atomic E-state index is 13.6. The number of thioether (sulfide) groups is 1. The smallest absolute Gasteiger partial charge is 0.238 e. The first-order valence-electron chi connectivity index (χ1n) is 9.34. The van der Waals surface area contributed by atoms with Gasteiger partial charge in [-0.3, -0.25) is 14.5 Å². The molecule has 1 fully saturated rings. The molecular weight excluding hydrogens is 377 g/mol. The zero-order chi connectivity index (χ0) is 19.8. The number of nitrogens with zero attached hydrogens (tertiary/aromatic N) is 1.